The minimum atomic E-state index is -7.29. The fourth-order valence-electron chi connectivity index (χ4n) is 4.07. The first-order valence-corrected chi connectivity index (χ1v) is 13.8. The summed E-state index contributed by atoms with van der Waals surface area (Å²) in [7, 11) is -7.29. The molecule has 214 valence electrons. The topological polar surface area (TPSA) is 58.5 Å². The van der Waals surface area contributed by atoms with Crippen LogP contribution in [-0.4, -0.2) is 23.7 Å². The molecule has 1 heterocycles. The monoisotopic (exact) mass is 595 g/mol. The Hall–Kier alpha value is -4.44. The first-order valence-electron chi connectivity index (χ1n) is 11.9. The molecular formula is C28H20F6NO5P. The van der Waals surface area contributed by atoms with Gasteiger partial charge in [-0.3, -0.25) is 0 Å². The van der Waals surface area contributed by atoms with Crippen molar-refractivity contribution < 1.29 is 49.2 Å². The molecule has 0 saturated carbocycles. The molecule has 0 fully saturated rings. The van der Waals surface area contributed by atoms with Gasteiger partial charge in [-0.15, -0.1) is 0 Å². The van der Waals surface area contributed by atoms with E-state index >= 15 is 26.3 Å². The zero-order valence-electron chi connectivity index (χ0n) is 20.8. The first kappa shape index (κ1) is 28.1. The van der Waals surface area contributed by atoms with Gasteiger partial charge < -0.3 is 0 Å². The summed E-state index contributed by atoms with van der Waals surface area (Å²) in [6, 6.07) is 26.4. The molecule has 0 aromatic heterocycles. The number of para-hydroxylation sites is 4. The van der Waals surface area contributed by atoms with Crippen LogP contribution in [0.5, 0.6) is 23.0 Å². The van der Waals surface area contributed by atoms with Crippen LogP contribution in [0.1, 0.15) is 0 Å². The Balaban J connectivity index is 1.88. The number of halogens is 6. The minimum absolute atomic E-state index is 0.165. The van der Waals surface area contributed by atoms with Gasteiger partial charge in [-0.1, -0.05) is 0 Å². The average molecular weight is 595 g/mol. The van der Waals surface area contributed by atoms with Gasteiger partial charge in [-0.05, 0) is 0 Å². The van der Waals surface area contributed by atoms with Gasteiger partial charge in [0, 0.05) is 0 Å². The summed E-state index contributed by atoms with van der Waals surface area (Å²) < 4.78 is 120. The van der Waals surface area contributed by atoms with Crippen molar-refractivity contribution in [3.63, 3.8) is 0 Å². The standard InChI is InChI=1S/C28H20F6NO5P/c29-27(30,31)26(28(32,33)34)35-25(36-21-13-5-1-6-14-21)40-41(26,37-22-15-7-2-8-16-22,38-23-17-9-3-10-18-23)39-24-19-11-4-12-20-24/h1-20H. The Morgan fingerprint density at radius 2 is 0.829 bits per heavy atom. The van der Waals surface area contributed by atoms with Crippen LogP contribution in [0.25, 0.3) is 0 Å². The molecule has 13 heteroatoms. The van der Waals surface area contributed by atoms with Gasteiger partial charge in [0.15, 0.2) is 0 Å². The van der Waals surface area contributed by atoms with E-state index in [0.717, 1.165) is 36.4 Å². The molecule has 0 radical (unpaired) electrons. The molecule has 0 saturated heterocycles. The van der Waals surface area contributed by atoms with Crippen molar-refractivity contribution in [3.05, 3.63) is 121 Å². The van der Waals surface area contributed by atoms with Crippen molar-refractivity contribution in [1.29, 1.82) is 0 Å². The first-order chi connectivity index (χ1) is 19.5. The number of rotatable bonds is 7. The van der Waals surface area contributed by atoms with Crippen LogP contribution < -0.4 is 18.3 Å². The summed E-state index contributed by atoms with van der Waals surface area (Å²) in [5.74, 6) is -1.61. The molecule has 0 spiro atoms. The molecule has 1 aliphatic heterocycles. The summed E-state index contributed by atoms with van der Waals surface area (Å²) in [6.45, 7) is 0. The molecule has 41 heavy (non-hydrogen) atoms. The van der Waals surface area contributed by atoms with E-state index in [1.165, 1.54) is 78.9 Å². The molecule has 4 aromatic carbocycles. The fourth-order valence-corrected chi connectivity index (χ4v) is 7.70. The van der Waals surface area contributed by atoms with E-state index in [2.05, 4.69) is 4.99 Å². The SMILES string of the molecule is FC(F)(F)C1(C(F)(F)F)N=C(Oc2ccccc2)OP1(Oc1ccccc1)(Oc1ccccc1)Oc1ccccc1. The van der Waals surface area contributed by atoms with E-state index < -0.39 is 48.5 Å². The summed E-state index contributed by atoms with van der Waals surface area (Å²) in [5, 5.41) is -5.25. The maximum absolute atomic E-state index is 15.3. The van der Waals surface area contributed by atoms with Gasteiger partial charge in [0.05, 0.1) is 0 Å². The van der Waals surface area contributed by atoms with Crippen LogP contribution in [0.4, 0.5) is 26.3 Å². The number of hydrogen-bond donors (Lipinski definition) is 0. The number of alkyl halides is 6. The second kappa shape index (κ2) is 10.2. The van der Waals surface area contributed by atoms with Crippen LogP contribution >= 0.6 is 7.51 Å². The Bertz CT molecular complexity index is 1390. The average Bonchev–Trinajstić information content (AvgIpc) is 3.21. The maximum atomic E-state index is 15.3. The number of nitrogens with zero attached hydrogens (tertiary/aromatic N) is 1. The summed E-state index contributed by atoms with van der Waals surface area (Å²) in [6.07, 6.45) is -13.9. The van der Waals surface area contributed by atoms with E-state index in [0.29, 0.717) is 0 Å². The van der Waals surface area contributed by atoms with Crippen molar-refractivity contribution >= 4 is 13.6 Å². The number of aliphatic imine (C=N–C) groups is 1. The summed E-state index contributed by atoms with van der Waals surface area (Å²) in [4.78, 5) is 3.08. The van der Waals surface area contributed by atoms with Crippen molar-refractivity contribution in [1.82, 2.24) is 0 Å². The van der Waals surface area contributed by atoms with Crippen molar-refractivity contribution in [2.24, 2.45) is 4.99 Å². The summed E-state index contributed by atoms with van der Waals surface area (Å²) in [5.41, 5.74) is 0. The molecule has 5 rings (SSSR count). The number of hydrogen-bond acceptors (Lipinski definition) is 6. The molecular weight excluding hydrogens is 575 g/mol. The predicted octanol–water partition coefficient (Wildman–Crippen LogP) is 8.72. The zero-order valence-corrected chi connectivity index (χ0v) is 21.6. The third kappa shape index (κ3) is 4.88. The van der Waals surface area contributed by atoms with Crippen LogP contribution in [0.3, 0.4) is 0 Å². The second-order valence-corrected chi connectivity index (χ2v) is 11.6. The van der Waals surface area contributed by atoms with Gasteiger partial charge in [0.1, 0.15) is 0 Å². The fraction of sp³-hybridized carbons (Fsp3) is 0.107. The Morgan fingerprint density at radius 3 is 1.15 bits per heavy atom. The number of ether oxygens (including phenoxy) is 1. The molecule has 0 unspecified atom stereocenters. The Labute approximate surface area is 230 Å². The third-order valence-corrected chi connectivity index (χ3v) is 9.49. The molecule has 0 amide bonds. The van der Waals surface area contributed by atoms with Gasteiger partial charge in [-0.2, -0.15) is 0 Å². The molecule has 6 nitrogen and oxygen atoms in total. The van der Waals surface area contributed by atoms with E-state index in [9.17, 15) is 0 Å². The van der Waals surface area contributed by atoms with Crippen molar-refractivity contribution in [3.8, 4) is 23.0 Å². The van der Waals surface area contributed by atoms with Crippen LogP contribution in [0, 0.1) is 0 Å². The molecule has 0 aliphatic carbocycles. The molecule has 0 bridgehead atoms. The van der Waals surface area contributed by atoms with E-state index in [1.807, 2.05) is 0 Å². The predicted molar refractivity (Wildman–Crippen MR) is 139 cm³/mol. The third-order valence-electron chi connectivity index (χ3n) is 5.77. The Kier molecular flexibility index (Phi) is 6.98. The quantitative estimate of drug-likeness (QED) is 0.158. The summed E-state index contributed by atoms with van der Waals surface area (Å²) >= 11 is 0. The number of benzene rings is 4. The molecule has 0 atom stereocenters. The Morgan fingerprint density at radius 1 is 0.512 bits per heavy atom. The van der Waals surface area contributed by atoms with E-state index in [1.54, 1.807) is 6.07 Å². The van der Waals surface area contributed by atoms with Gasteiger partial charge in [0.2, 0.25) is 0 Å². The van der Waals surface area contributed by atoms with Crippen molar-refractivity contribution in [2.45, 2.75) is 17.6 Å². The van der Waals surface area contributed by atoms with E-state index in [-0.39, 0.29) is 5.75 Å². The van der Waals surface area contributed by atoms with Crippen LogP contribution in [0.15, 0.2) is 126 Å². The molecule has 4 aromatic rings. The van der Waals surface area contributed by atoms with Crippen LogP contribution in [0.2, 0.25) is 0 Å². The van der Waals surface area contributed by atoms with Gasteiger partial charge in [-0.25, -0.2) is 0 Å². The zero-order chi connectivity index (χ0) is 29.2. The van der Waals surface area contributed by atoms with Crippen molar-refractivity contribution in [2.75, 3.05) is 0 Å². The normalized spacial score (nSPS) is 18.1. The second-order valence-electron chi connectivity index (χ2n) is 8.58. The molecule has 1 aliphatic rings. The van der Waals surface area contributed by atoms with Gasteiger partial charge >= 0.3 is 230 Å². The van der Waals surface area contributed by atoms with E-state index in [4.69, 9.17) is 22.8 Å². The van der Waals surface area contributed by atoms with Gasteiger partial charge in [0.25, 0.3) is 0 Å². The molecule has 0 N–H and O–H groups in total. The van der Waals surface area contributed by atoms with Crippen LogP contribution in [-0.2, 0) is 4.52 Å².